The normalized spacial score (nSPS) is 10.8. The number of nitrogen functional groups attached to an aromatic ring is 1. The number of imide groups is 1. The molecule has 2 aromatic carbocycles. The minimum atomic E-state index is -4.51. The molecule has 0 bridgehead atoms. The summed E-state index contributed by atoms with van der Waals surface area (Å²) >= 11 is 0. The van der Waals surface area contributed by atoms with Crippen molar-refractivity contribution >= 4 is 29.1 Å². The van der Waals surface area contributed by atoms with E-state index in [4.69, 9.17) is 5.73 Å². The molecule has 2 aromatic rings. The minimum Gasteiger partial charge on any atom is -0.399 e. The van der Waals surface area contributed by atoms with E-state index in [-0.39, 0.29) is 11.3 Å². The minimum absolute atomic E-state index is 0.0203. The van der Waals surface area contributed by atoms with Crippen LogP contribution in [-0.4, -0.2) is 17.7 Å². The number of carbonyl (C=O) groups is 3. The van der Waals surface area contributed by atoms with Crippen LogP contribution in [0.1, 0.15) is 15.9 Å². The van der Waals surface area contributed by atoms with E-state index in [9.17, 15) is 27.6 Å². The lowest BCUT2D eigenvalue weighted by Crippen LogP contribution is -2.39. The first-order valence-electron chi connectivity index (χ1n) is 6.86. The van der Waals surface area contributed by atoms with Gasteiger partial charge in [-0.25, -0.2) is 0 Å². The van der Waals surface area contributed by atoms with Crippen molar-refractivity contribution in [3.8, 4) is 0 Å². The number of hydrogen-bond acceptors (Lipinski definition) is 4. The number of hydrogen-bond donors (Lipinski definition) is 3. The van der Waals surface area contributed by atoms with Crippen molar-refractivity contribution in [3.05, 3.63) is 59.7 Å². The number of nitrogens with two attached hydrogens (primary N) is 1. The van der Waals surface area contributed by atoms with Gasteiger partial charge < -0.3 is 11.1 Å². The van der Waals surface area contributed by atoms with Crippen LogP contribution >= 0.6 is 0 Å². The Labute approximate surface area is 139 Å². The van der Waals surface area contributed by atoms with Crippen molar-refractivity contribution in [1.82, 2.24) is 5.32 Å². The highest BCUT2D eigenvalue weighted by atomic mass is 19.4. The Morgan fingerprint density at radius 3 is 1.92 bits per heavy atom. The third kappa shape index (κ3) is 4.80. The third-order valence-corrected chi connectivity index (χ3v) is 3.08. The van der Waals surface area contributed by atoms with Gasteiger partial charge in [-0.05, 0) is 48.5 Å². The van der Waals surface area contributed by atoms with Crippen molar-refractivity contribution in [2.24, 2.45) is 0 Å². The van der Waals surface area contributed by atoms with E-state index in [1.54, 1.807) is 0 Å². The Bertz CT molecular complexity index is 800. The van der Waals surface area contributed by atoms with Crippen LogP contribution in [0.2, 0.25) is 0 Å². The molecule has 0 radical (unpaired) electrons. The fraction of sp³-hybridized carbons (Fsp3) is 0.0625. The summed E-state index contributed by atoms with van der Waals surface area (Å²) in [5.41, 5.74) is 5.09. The third-order valence-electron chi connectivity index (χ3n) is 3.08. The molecular formula is C16H12F3N3O3. The molecule has 0 heterocycles. The van der Waals surface area contributed by atoms with Crippen LogP contribution in [0.25, 0.3) is 0 Å². The SMILES string of the molecule is Nc1ccc(C(=O)NC(=O)C(=O)Nc2ccc(C(F)(F)F)cc2)cc1. The van der Waals surface area contributed by atoms with Crippen LogP contribution in [0.4, 0.5) is 24.5 Å². The molecule has 0 aliphatic rings. The fourth-order valence-corrected chi connectivity index (χ4v) is 1.80. The van der Waals surface area contributed by atoms with Gasteiger partial charge in [0.15, 0.2) is 0 Å². The highest BCUT2D eigenvalue weighted by Crippen LogP contribution is 2.29. The first kappa shape index (κ1) is 18.0. The maximum atomic E-state index is 12.4. The van der Waals surface area contributed by atoms with Crippen molar-refractivity contribution in [2.45, 2.75) is 6.18 Å². The lowest BCUT2D eigenvalue weighted by atomic mass is 10.2. The molecule has 0 aromatic heterocycles. The molecule has 0 aliphatic carbocycles. The molecule has 0 saturated carbocycles. The summed E-state index contributed by atoms with van der Waals surface area (Å²) < 4.78 is 37.3. The van der Waals surface area contributed by atoms with Gasteiger partial charge >= 0.3 is 18.0 Å². The van der Waals surface area contributed by atoms with E-state index in [1.807, 2.05) is 5.32 Å². The van der Waals surface area contributed by atoms with Gasteiger partial charge in [-0.1, -0.05) is 0 Å². The number of anilines is 2. The molecular weight excluding hydrogens is 339 g/mol. The monoisotopic (exact) mass is 351 g/mol. The van der Waals surface area contributed by atoms with Gasteiger partial charge in [0, 0.05) is 16.9 Å². The summed E-state index contributed by atoms with van der Waals surface area (Å²) in [6.07, 6.45) is -4.51. The van der Waals surface area contributed by atoms with Gasteiger partial charge in [0.05, 0.1) is 5.56 Å². The lowest BCUT2D eigenvalue weighted by Gasteiger charge is -2.09. The number of halogens is 3. The smallest absolute Gasteiger partial charge is 0.399 e. The molecule has 2 rings (SSSR count). The predicted octanol–water partition coefficient (Wildman–Crippen LogP) is 2.18. The van der Waals surface area contributed by atoms with Crippen molar-refractivity contribution in [1.29, 1.82) is 0 Å². The van der Waals surface area contributed by atoms with Crippen LogP contribution < -0.4 is 16.4 Å². The van der Waals surface area contributed by atoms with Crippen LogP contribution in [0, 0.1) is 0 Å². The molecule has 4 N–H and O–H groups in total. The molecule has 6 nitrogen and oxygen atoms in total. The van der Waals surface area contributed by atoms with Gasteiger partial charge in [-0.15, -0.1) is 0 Å². The fourth-order valence-electron chi connectivity index (χ4n) is 1.80. The second kappa shape index (κ2) is 7.04. The van der Waals surface area contributed by atoms with Crippen LogP contribution in [0.3, 0.4) is 0 Å². The highest BCUT2D eigenvalue weighted by molar-refractivity contribution is 6.42. The summed E-state index contributed by atoms with van der Waals surface area (Å²) in [5, 5.41) is 3.96. The van der Waals surface area contributed by atoms with Crippen LogP contribution in [-0.2, 0) is 15.8 Å². The Balaban J connectivity index is 1.97. The molecule has 0 spiro atoms. The number of nitrogens with one attached hydrogen (secondary N) is 2. The molecule has 0 atom stereocenters. The van der Waals surface area contributed by atoms with E-state index in [0.29, 0.717) is 5.69 Å². The Morgan fingerprint density at radius 1 is 0.840 bits per heavy atom. The summed E-state index contributed by atoms with van der Waals surface area (Å²) in [6.45, 7) is 0. The first-order chi connectivity index (χ1) is 11.7. The second-order valence-corrected chi connectivity index (χ2v) is 4.93. The Hall–Kier alpha value is -3.36. The van der Waals surface area contributed by atoms with E-state index >= 15 is 0 Å². The van der Waals surface area contributed by atoms with Crippen molar-refractivity contribution < 1.29 is 27.6 Å². The zero-order valence-corrected chi connectivity index (χ0v) is 12.6. The topological polar surface area (TPSA) is 101 Å². The summed E-state index contributed by atoms with van der Waals surface area (Å²) in [6, 6.07) is 9.13. The van der Waals surface area contributed by atoms with Gasteiger partial charge in [-0.2, -0.15) is 13.2 Å². The van der Waals surface area contributed by atoms with Crippen LogP contribution in [0.15, 0.2) is 48.5 Å². The zero-order valence-electron chi connectivity index (χ0n) is 12.6. The standard InChI is InChI=1S/C16H12F3N3O3/c17-16(18,19)10-3-7-12(8-4-10)21-14(24)15(25)22-13(23)9-1-5-11(20)6-2-9/h1-8H,20H2,(H,21,24)(H,22,23,25). The maximum Gasteiger partial charge on any atom is 0.416 e. The largest absolute Gasteiger partial charge is 0.416 e. The first-order valence-corrected chi connectivity index (χ1v) is 6.86. The number of amides is 3. The molecule has 0 unspecified atom stereocenters. The molecule has 130 valence electrons. The molecule has 9 heteroatoms. The summed E-state index contributed by atoms with van der Waals surface area (Å²) in [4.78, 5) is 35.2. The summed E-state index contributed by atoms with van der Waals surface area (Å²) in [5.74, 6) is -3.25. The zero-order chi connectivity index (χ0) is 18.6. The average molecular weight is 351 g/mol. The molecule has 3 amide bonds. The van der Waals surface area contributed by atoms with E-state index in [0.717, 1.165) is 24.3 Å². The van der Waals surface area contributed by atoms with Crippen molar-refractivity contribution in [2.75, 3.05) is 11.1 Å². The molecule has 0 aliphatic heterocycles. The number of benzene rings is 2. The maximum absolute atomic E-state index is 12.4. The molecule has 0 saturated heterocycles. The van der Waals surface area contributed by atoms with Gasteiger partial charge in [0.1, 0.15) is 0 Å². The number of alkyl halides is 3. The predicted molar refractivity (Wildman–Crippen MR) is 83.4 cm³/mol. The van der Waals surface area contributed by atoms with E-state index in [2.05, 4.69) is 5.32 Å². The average Bonchev–Trinajstić information content (AvgIpc) is 2.55. The quantitative estimate of drug-likeness (QED) is 0.570. The van der Waals surface area contributed by atoms with Crippen LogP contribution in [0.5, 0.6) is 0 Å². The molecule has 25 heavy (non-hydrogen) atoms. The lowest BCUT2D eigenvalue weighted by molar-refractivity contribution is -0.137. The van der Waals surface area contributed by atoms with E-state index in [1.165, 1.54) is 24.3 Å². The van der Waals surface area contributed by atoms with Gasteiger partial charge in [-0.3, -0.25) is 19.7 Å². The number of rotatable bonds is 2. The van der Waals surface area contributed by atoms with Crippen molar-refractivity contribution in [3.63, 3.8) is 0 Å². The Morgan fingerprint density at radius 2 is 1.40 bits per heavy atom. The molecule has 0 fully saturated rings. The Kier molecular flexibility index (Phi) is 5.06. The van der Waals surface area contributed by atoms with E-state index < -0.39 is 29.5 Å². The summed E-state index contributed by atoms with van der Waals surface area (Å²) in [7, 11) is 0. The highest BCUT2D eigenvalue weighted by Gasteiger charge is 2.30. The second-order valence-electron chi connectivity index (χ2n) is 4.93. The van der Waals surface area contributed by atoms with Gasteiger partial charge in [0.2, 0.25) is 0 Å². The number of carbonyl (C=O) groups excluding carboxylic acids is 3. The van der Waals surface area contributed by atoms with Gasteiger partial charge in [0.25, 0.3) is 5.91 Å².